The second-order valence-electron chi connectivity index (χ2n) is 4.34. The zero-order chi connectivity index (χ0) is 15.5. The van der Waals surface area contributed by atoms with Crippen molar-refractivity contribution in [3.63, 3.8) is 0 Å². The summed E-state index contributed by atoms with van der Waals surface area (Å²) >= 11 is 0. The molecule has 0 heterocycles. The molecule has 0 radical (unpaired) electrons. The third kappa shape index (κ3) is 3.61. The first-order valence-electron chi connectivity index (χ1n) is 6.09. The van der Waals surface area contributed by atoms with Crippen LogP contribution in [0.4, 0.5) is 18.9 Å². The van der Waals surface area contributed by atoms with Crippen LogP contribution in [0.25, 0.3) is 0 Å². The maximum atomic E-state index is 12.4. The number of carbonyl (C=O) groups excluding carboxylic acids is 1. The number of nitrogens with one attached hydrogen (secondary N) is 1. The number of aliphatic hydroxyl groups excluding tert-OH is 1. The molecule has 6 heteroatoms. The number of amides is 1. The van der Waals surface area contributed by atoms with Crippen molar-refractivity contribution in [1.82, 2.24) is 0 Å². The first-order chi connectivity index (χ1) is 9.91. The molecule has 2 N–H and O–H groups in total. The van der Waals surface area contributed by atoms with Crippen LogP contribution in [0.2, 0.25) is 0 Å². The Labute approximate surface area is 119 Å². The second-order valence-corrected chi connectivity index (χ2v) is 4.34. The molecule has 0 fully saturated rings. The molecule has 0 aliphatic rings. The summed E-state index contributed by atoms with van der Waals surface area (Å²) in [6.07, 6.45) is -4.43. The molecule has 2 rings (SSSR count). The summed E-state index contributed by atoms with van der Waals surface area (Å²) in [7, 11) is 0. The van der Waals surface area contributed by atoms with Gasteiger partial charge in [-0.2, -0.15) is 13.2 Å². The Bertz CT molecular complexity index is 636. The summed E-state index contributed by atoms with van der Waals surface area (Å²) in [6.45, 7) is -0.247. The molecule has 0 spiro atoms. The smallest absolute Gasteiger partial charge is 0.392 e. The molecule has 2 aromatic carbocycles. The second kappa shape index (κ2) is 5.97. The van der Waals surface area contributed by atoms with Crippen LogP contribution in [-0.4, -0.2) is 11.0 Å². The number of aliphatic hydroxyl groups is 1. The van der Waals surface area contributed by atoms with E-state index in [1.165, 1.54) is 0 Å². The number of alkyl halides is 3. The monoisotopic (exact) mass is 295 g/mol. The lowest BCUT2D eigenvalue weighted by Gasteiger charge is -2.10. The van der Waals surface area contributed by atoms with Crippen molar-refractivity contribution in [2.75, 3.05) is 5.32 Å². The Morgan fingerprint density at radius 2 is 1.67 bits per heavy atom. The average Bonchev–Trinajstić information content (AvgIpc) is 2.47. The fraction of sp³-hybridized carbons (Fsp3) is 0.133. The van der Waals surface area contributed by atoms with E-state index in [9.17, 15) is 18.0 Å². The number of halogens is 3. The first kappa shape index (κ1) is 15.1. The molecule has 0 saturated carbocycles. The normalized spacial score (nSPS) is 11.2. The summed E-state index contributed by atoms with van der Waals surface area (Å²) < 4.78 is 37.3. The molecule has 0 atom stereocenters. The van der Waals surface area contributed by atoms with Crippen LogP contribution in [0, 0.1) is 0 Å². The molecule has 110 valence electrons. The van der Waals surface area contributed by atoms with Crippen molar-refractivity contribution in [3.05, 3.63) is 65.2 Å². The van der Waals surface area contributed by atoms with E-state index < -0.39 is 17.6 Å². The predicted octanol–water partition coefficient (Wildman–Crippen LogP) is 3.45. The van der Waals surface area contributed by atoms with E-state index in [0.717, 1.165) is 24.3 Å². The molecule has 21 heavy (non-hydrogen) atoms. The fourth-order valence-electron chi connectivity index (χ4n) is 1.79. The van der Waals surface area contributed by atoms with Crippen LogP contribution < -0.4 is 5.32 Å². The first-order valence-corrected chi connectivity index (χ1v) is 6.09. The Hall–Kier alpha value is -2.34. The molecule has 0 aliphatic heterocycles. The number of hydrogen-bond donors (Lipinski definition) is 2. The maximum absolute atomic E-state index is 12.4. The number of para-hydroxylation sites is 1. The molecule has 0 bridgehead atoms. The SMILES string of the molecule is O=C(Nc1ccccc1CO)c1ccc(C(F)(F)F)cc1. The van der Waals surface area contributed by atoms with Crippen LogP contribution in [-0.2, 0) is 12.8 Å². The highest BCUT2D eigenvalue weighted by molar-refractivity contribution is 6.04. The van der Waals surface area contributed by atoms with Gasteiger partial charge in [-0.15, -0.1) is 0 Å². The van der Waals surface area contributed by atoms with Crippen molar-refractivity contribution in [2.45, 2.75) is 12.8 Å². The standard InChI is InChI=1S/C15H12F3NO2/c16-15(17,18)12-7-5-10(6-8-12)14(21)19-13-4-2-1-3-11(13)9-20/h1-8,20H,9H2,(H,19,21). The Balaban J connectivity index is 2.17. The van der Waals surface area contributed by atoms with E-state index in [1.807, 2.05) is 0 Å². The van der Waals surface area contributed by atoms with Crippen molar-refractivity contribution in [2.24, 2.45) is 0 Å². The van der Waals surface area contributed by atoms with E-state index in [0.29, 0.717) is 11.3 Å². The van der Waals surface area contributed by atoms with Gasteiger partial charge in [-0.05, 0) is 30.3 Å². The van der Waals surface area contributed by atoms with Gasteiger partial charge < -0.3 is 10.4 Å². The third-order valence-electron chi connectivity index (χ3n) is 2.91. The fourth-order valence-corrected chi connectivity index (χ4v) is 1.79. The minimum atomic E-state index is -4.43. The summed E-state index contributed by atoms with van der Waals surface area (Å²) in [4.78, 5) is 12.0. The quantitative estimate of drug-likeness (QED) is 0.911. The van der Waals surface area contributed by atoms with Gasteiger partial charge in [-0.25, -0.2) is 0 Å². The summed E-state index contributed by atoms with van der Waals surface area (Å²) in [5.41, 5.74) is 0.244. The number of carbonyl (C=O) groups is 1. The number of benzene rings is 2. The highest BCUT2D eigenvalue weighted by Crippen LogP contribution is 2.29. The van der Waals surface area contributed by atoms with Gasteiger partial charge in [0.05, 0.1) is 12.2 Å². The molecule has 2 aromatic rings. The molecule has 0 aromatic heterocycles. The lowest BCUT2D eigenvalue weighted by molar-refractivity contribution is -0.137. The van der Waals surface area contributed by atoms with Gasteiger partial charge in [0.1, 0.15) is 0 Å². The molecular formula is C15H12F3NO2. The Morgan fingerprint density at radius 3 is 2.24 bits per heavy atom. The Morgan fingerprint density at radius 1 is 1.05 bits per heavy atom. The number of hydrogen-bond acceptors (Lipinski definition) is 2. The molecule has 0 saturated heterocycles. The van der Waals surface area contributed by atoms with Gasteiger partial charge in [0.15, 0.2) is 0 Å². The highest BCUT2D eigenvalue weighted by atomic mass is 19.4. The maximum Gasteiger partial charge on any atom is 0.416 e. The van der Waals surface area contributed by atoms with Crippen LogP contribution in [0.3, 0.4) is 0 Å². The van der Waals surface area contributed by atoms with Crippen LogP contribution in [0.15, 0.2) is 48.5 Å². The van der Waals surface area contributed by atoms with Crippen LogP contribution in [0.5, 0.6) is 0 Å². The summed E-state index contributed by atoms with van der Waals surface area (Å²) in [6, 6.07) is 10.6. The molecule has 0 unspecified atom stereocenters. The molecule has 3 nitrogen and oxygen atoms in total. The third-order valence-corrected chi connectivity index (χ3v) is 2.91. The predicted molar refractivity (Wildman–Crippen MR) is 71.8 cm³/mol. The van der Waals surface area contributed by atoms with E-state index in [2.05, 4.69) is 5.32 Å². The largest absolute Gasteiger partial charge is 0.416 e. The van der Waals surface area contributed by atoms with Crippen molar-refractivity contribution in [1.29, 1.82) is 0 Å². The van der Waals surface area contributed by atoms with Crippen molar-refractivity contribution in [3.8, 4) is 0 Å². The van der Waals surface area contributed by atoms with Gasteiger partial charge in [0.25, 0.3) is 5.91 Å². The van der Waals surface area contributed by atoms with E-state index in [-0.39, 0.29) is 12.2 Å². The topological polar surface area (TPSA) is 49.3 Å². The van der Waals surface area contributed by atoms with E-state index >= 15 is 0 Å². The average molecular weight is 295 g/mol. The summed E-state index contributed by atoms with van der Waals surface area (Å²) in [5.74, 6) is -0.537. The van der Waals surface area contributed by atoms with Gasteiger partial charge >= 0.3 is 6.18 Å². The number of rotatable bonds is 3. The minimum Gasteiger partial charge on any atom is -0.392 e. The van der Waals surface area contributed by atoms with E-state index in [1.54, 1.807) is 24.3 Å². The van der Waals surface area contributed by atoms with Gasteiger partial charge in [0, 0.05) is 16.8 Å². The van der Waals surface area contributed by atoms with Crippen molar-refractivity contribution < 1.29 is 23.1 Å². The van der Waals surface area contributed by atoms with Crippen LogP contribution in [0.1, 0.15) is 21.5 Å². The zero-order valence-electron chi connectivity index (χ0n) is 10.8. The molecule has 1 amide bonds. The zero-order valence-corrected chi connectivity index (χ0v) is 10.8. The van der Waals surface area contributed by atoms with Gasteiger partial charge in [-0.1, -0.05) is 18.2 Å². The van der Waals surface area contributed by atoms with Crippen molar-refractivity contribution >= 4 is 11.6 Å². The lowest BCUT2D eigenvalue weighted by atomic mass is 10.1. The minimum absolute atomic E-state index is 0.107. The van der Waals surface area contributed by atoms with Crippen LogP contribution >= 0.6 is 0 Å². The van der Waals surface area contributed by atoms with Gasteiger partial charge in [0.2, 0.25) is 0 Å². The van der Waals surface area contributed by atoms with Gasteiger partial charge in [-0.3, -0.25) is 4.79 Å². The Kier molecular flexibility index (Phi) is 4.28. The summed E-state index contributed by atoms with van der Waals surface area (Å²) in [5, 5.41) is 11.7. The van der Waals surface area contributed by atoms with E-state index in [4.69, 9.17) is 5.11 Å². The number of anilines is 1. The lowest BCUT2D eigenvalue weighted by Crippen LogP contribution is -2.14. The molecular weight excluding hydrogens is 283 g/mol. The molecule has 0 aliphatic carbocycles. The highest BCUT2D eigenvalue weighted by Gasteiger charge is 2.30.